The van der Waals surface area contributed by atoms with Gasteiger partial charge in [-0.25, -0.2) is 19.9 Å². The van der Waals surface area contributed by atoms with Gasteiger partial charge in [-0.05, 0) is 52.7 Å². The van der Waals surface area contributed by atoms with E-state index in [9.17, 15) is 0 Å². The van der Waals surface area contributed by atoms with Crippen LogP contribution in [0.3, 0.4) is 0 Å². The lowest BCUT2D eigenvalue weighted by atomic mass is 10.2. The van der Waals surface area contributed by atoms with E-state index in [2.05, 4.69) is 50.3 Å². The summed E-state index contributed by atoms with van der Waals surface area (Å²) in [5.41, 5.74) is 7.47. The number of imidazole rings is 2. The van der Waals surface area contributed by atoms with Crippen molar-refractivity contribution in [2.45, 2.75) is 10.1 Å². The largest absolute Gasteiger partial charge is 0.295 e. The highest BCUT2D eigenvalue weighted by Crippen LogP contribution is 2.29. The number of hydrogen-bond acceptors (Lipinski definition) is 9. The fraction of sp³-hybridized carbons (Fsp3) is 0.107. The summed E-state index contributed by atoms with van der Waals surface area (Å²) >= 11 is 6.65. The fourth-order valence-electron chi connectivity index (χ4n) is 4.24. The molecule has 0 aliphatic carbocycles. The van der Waals surface area contributed by atoms with Crippen molar-refractivity contribution in [2.24, 2.45) is 7.05 Å². The minimum Gasteiger partial charge on any atom is -0.295 e. The molecule has 0 N–H and O–H groups in total. The van der Waals surface area contributed by atoms with E-state index in [0.29, 0.717) is 0 Å². The molecule has 0 radical (unpaired) electrons. The topological polar surface area (TPSA) is 104 Å². The van der Waals surface area contributed by atoms with E-state index in [0.717, 1.165) is 59.7 Å². The van der Waals surface area contributed by atoms with Gasteiger partial charge in [0.1, 0.15) is 14.7 Å². The van der Waals surface area contributed by atoms with Crippen LogP contribution in [0.2, 0.25) is 0 Å². The third-order valence-corrected chi connectivity index (χ3v) is 8.09. The summed E-state index contributed by atoms with van der Waals surface area (Å²) < 4.78 is 6.76. The molecule has 204 valence electrons. The maximum Gasteiger partial charge on any atom is 0.170 e. The molecule has 0 saturated heterocycles. The normalized spacial score (nSPS) is 11.1. The van der Waals surface area contributed by atoms with Crippen LogP contribution in [0.1, 0.15) is 0 Å². The average molecular weight is 644 g/mol. The van der Waals surface area contributed by atoms with E-state index in [1.54, 1.807) is 46.8 Å². The zero-order valence-corrected chi connectivity index (χ0v) is 25.5. The Hall–Kier alpha value is -4.07. The number of pyridine rings is 2. The lowest BCUT2D eigenvalue weighted by Gasteiger charge is -2.07. The van der Waals surface area contributed by atoms with Crippen LogP contribution in [0.15, 0.2) is 101 Å². The number of hydrogen-bond donors (Lipinski definition) is 0. The van der Waals surface area contributed by atoms with Gasteiger partial charge in [0.25, 0.3) is 0 Å². The molecule has 41 heavy (non-hydrogen) atoms. The molecule has 0 aliphatic rings. The van der Waals surface area contributed by atoms with Crippen molar-refractivity contribution in [3.05, 3.63) is 90.8 Å². The fourth-order valence-corrected chi connectivity index (χ4v) is 5.66. The number of thioether (sulfide) groups is 2. The molecule has 0 bridgehead atoms. The Morgan fingerprint density at radius 1 is 0.683 bits per heavy atom. The minimum atomic E-state index is 0.851. The molecule has 7 aromatic rings. The third kappa shape index (κ3) is 5.47. The molecule has 7 heterocycles. The van der Waals surface area contributed by atoms with Crippen LogP contribution in [0, 0.1) is 0 Å². The lowest BCUT2D eigenvalue weighted by molar-refractivity contribution is 0.768. The smallest absolute Gasteiger partial charge is 0.170 e. The van der Waals surface area contributed by atoms with Gasteiger partial charge in [-0.2, -0.15) is 5.10 Å². The Morgan fingerprint density at radius 2 is 1.27 bits per heavy atom. The van der Waals surface area contributed by atoms with Gasteiger partial charge < -0.3 is 0 Å². The molecule has 0 saturated carbocycles. The maximum absolute atomic E-state index is 4.72. The van der Waals surface area contributed by atoms with Crippen LogP contribution < -0.4 is 0 Å². The number of rotatable bonds is 5. The summed E-state index contributed by atoms with van der Waals surface area (Å²) in [6.45, 7) is 0. The Balaban J connectivity index is 0.000000152. The monoisotopic (exact) mass is 642 g/mol. The van der Waals surface area contributed by atoms with Crippen molar-refractivity contribution in [3.8, 4) is 33.8 Å². The van der Waals surface area contributed by atoms with Crippen LogP contribution in [0.5, 0.6) is 0 Å². The van der Waals surface area contributed by atoms with Gasteiger partial charge in [0.05, 0.1) is 35.7 Å². The Morgan fingerprint density at radius 3 is 1.80 bits per heavy atom. The summed E-state index contributed by atoms with van der Waals surface area (Å²) in [4.78, 5) is 26.5. The van der Waals surface area contributed by atoms with E-state index >= 15 is 0 Å². The lowest BCUT2D eigenvalue weighted by Crippen LogP contribution is -1.96. The predicted molar refractivity (Wildman–Crippen MR) is 166 cm³/mol. The molecule has 13 heteroatoms. The summed E-state index contributed by atoms with van der Waals surface area (Å²) in [6, 6.07) is 7.82. The van der Waals surface area contributed by atoms with Gasteiger partial charge in [0, 0.05) is 67.1 Å². The van der Waals surface area contributed by atoms with Gasteiger partial charge in [-0.1, -0.05) is 0 Å². The Labute approximate surface area is 252 Å². The number of aromatic nitrogens is 10. The molecule has 0 spiro atoms. The van der Waals surface area contributed by atoms with E-state index in [1.807, 2.05) is 91.6 Å². The van der Waals surface area contributed by atoms with Crippen LogP contribution in [-0.4, -0.2) is 61.0 Å². The number of halogens is 1. The molecule has 7 aromatic heterocycles. The number of fused-ring (bicyclic) bond motifs is 2. The summed E-state index contributed by atoms with van der Waals surface area (Å²) in [6.07, 6.45) is 22.6. The molecule has 0 aliphatic heterocycles. The standard InChI is InChI=1S/C16H14N6S.C12H9BrN4S/c1-21-9-12(7-19-21)14-8-18-15-16(23-2)20-13(10-22(14)15)11-4-3-5-17-6-11;1-18-12-11-15-6-10(13)17(11)7-9(16-12)8-3-2-4-14-5-8/h3-10H,1-2H3;2-7H,1H3. The molecule has 7 rings (SSSR count). The second-order valence-corrected chi connectivity index (χ2v) is 11.2. The molecule has 0 atom stereocenters. The second kappa shape index (κ2) is 11.8. The first-order valence-corrected chi connectivity index (χ1v) is 15.6. The molecule has 0 aromatic carbocycles. The van der Waals surface area contributed by atoms with Crippen molar-refractivity contribution in [2.75, 3.05) is 12.5 Å². The van der Waals surface area contributed by atoms with Crippen molar-refractivity contribution < 1.29 is 0 Å². The molecule has 0 amide bonds. The van der Waals surface area contributed by atoms with Crippen LogP contribution in [0.25, 0.3) is 45.1 Å². The highest BCUT2D eigenvalue weighted by Gasteiger charge is 2.14. The van der Waals surface area contributed by atoms with Gasteiger partial charge in [-0.3, -0.25) is 23.5 Å². The predicted octanol–water partition coefficient (Wildman–Crippen LogP) is 6.19. The molecule has 0 fully saturated rings. The number of aryl methyl sites for hydroxylation is 1. The zero-order valence-electron chi connectivity index (χ0n) is 22.2. The van der Waals surface area contributed by atoms with Crippen LogP contribution >= 0.6 is 39.5 Å². The SMILES string of the molecule is CSc1nc(-c2cccnc2)cn2c(-c3cnn(C)c3)cnc12.CSc1nc(-c2cccnc2)cn2c(Br)cnc12. The van der Waals surface area contributed by atoms with Gasteiger partial charge >= 0.3 is 0 Å². The van der Waals surface area contributed by atoms with Gasteiger partial charge in [-0.15, -0.1) is 23.5 Å². The van der Waals surface area contributed by atoms with E-state index in [1.165, 1.54) is 0 Å². The zero-order chi connectivity index (χ0) is 28.3. The summed E-state index contributed by atoms with van der Waals surface area (Å²) in [7, 11) is 1.91. The van der Waals surface area contributed by atoms with E-state index < -0.39 is 0 Å². The van der Waals surface area contributed by atoms with E-state index in [4.69, 9.17) is 4.98 Å². The second-order valence-electron chi connectivity index (χ2n) is 8.77. The first-order valence-electron chi connectivity index (χ1n) is 12.3. The van der Waals surface area contributed by atoms with Crippen molar-refractivity contribution >= 4 is 50.7 Å². The molecular weight excluding hydrogens is 620 g/mol. The molecule has 10 nitrogen and oxygen atoms in total. The number of nitrogens with zero attached hydrogens (tertiary/aromatic N) is 10. The van der Waals surface area contributed by atoms with Crippen LogP contribution in [0.4, 0.5) is 0 Å². The van der Waals surface area contributed by atoms with Crippen molar-refractivity contribution in [1.82, 2.24) is 48.5 Å². The summed E-state index contributed by atoms with van der Waals surface area (Å²) in [5.74, 6) is 0. The third-order valence-electron chi connectivity index (χ3n) is 6.18. The Bertz CT molecular complexity index is 1950. The van der Waals surface area contributed by atoms with Crippen molar-refractivity contribution in [3.63, 3.8) is 0 Å². The first kappa shape index (κ1) is 27.1. The molecule has 0 unspecified atom stereocenters. The molecular formula is C28H23BrN10S2. The minimum absolute atomic E-state index is 0.851. The first-order chi connectivity index (χ1) is 20.1. The highest BCUT2D eigenvalue weighted by atomic mass is 79.9. The summed E-state index contributed by atoms with van der Waals surface area (Å²) in [5, 5.41) is 6.04. The highest BCUT2D eigenvalue weighted by molar-refractivity contribution is 9.10. The van der Waals surface area contributed by atoms with E-state index in [-0.39, 0.29) is 0 Å². The van der Waals surface area contributed by atoms with Gasteiger partial charge in [0.15, 0.2) is 11.3 Å². The quantitative estimate of drug-likeness (QED) is 0.203. The average Bonchev–Trinajstić information content (AvgIpc) is 3.75. The van der Waals surface area contributed by atoms with Gasteiger partial charge in [0.2, 0.25) is 0 Å². The Kier molecular flexibility index (Phi) is 7.81. The van der Waals surface area contributed by atoms with Crippen LogP contribution in [-0.2, 0) is 7.05 Å². The van der Waals surface area contributed by atoms with Crippen molar-refractivity contribution in [1.29, 1.82) is 0 Å². The maximum atomic E-state index is 4.72.